The molecule has 182 valence electrons. The highest BCUT2D eigenvalue weighted by Gasteiger charge is 2.24. The monoisotopic (exact) mass is 493 g/mol. The molecular weight excluding hydrogens is 466 g/mol. The first kappa shape index (κ1) is 24.2. The lowest BCUT2D eigenvalue weighted by atomic mass is 10.0. The van der Waals surface area contributed by atoms with Gasteiger partial charge in [-0.2, -0.15) is 0 Å². The zero-order chi connectivity index (χ0) is 24.8. The summed E-state index contributed by atoms with van der Waals surface area (Å²) >= 11 is 1.33. The van der Waals surface area contributed by atoms with Gasteiger partial charge < -0.3 is 29.8 Å². The molecule has 0 unspecified atom stereocenters. The van der Waals surface area contributed by atoms with Crippen LogP contribution in [0.1, 0.15) is 20.8 Å². The Morgan fingerprint density at radius 3 is 2.40 bits per heavy atom. The second-order valence-electron chi connectivity index (χ2n) is 7.82. The van der Waals surface area contributed by atoms with Gasteiger partial charge in [-0.1, -0.05) is 24.3 Å². The van der Waals surface area contributed by atoms with E-state index in [9.17, 15) is 9.59 Å². The van der Waals surface area contributed by atoms with Crippen molar-refractivity contribution in [3.05, 3.63) is 76.1 Å². The number of carbonyl (C=O) groups excluding carboxylic acids is 2. The van der Waals surface area contributed by atoms with E-state index in [-0.39, 0.29) is 18.4 Å². The molecule has 2 heterocycles. The number of aromatic amines is 1. The second-order valence-corrected chi connectivity index (χ2v) is 8.77. The number of rotatable bonds is 10. The molecule has 8 nitrogen and oxygen atoms in total. The van der Waals surface area contributed by atoms with Gasteiger partial charge in [-0.3, -0.25) is 9.59 Å². The van der Waals surface area contributed by atoms with Crippen molar-refractivity contribution >= 4 is 34.1 Å². The zero-order valence-electron chi connectivity index (χ0n) is 19.7. The summed E-state index contributed by atoms with van der Waals surface area (Å²) in [4.78, 5) is 29.9. The van der Waals surface area contributed by atoms with Gasteiger partial charge in [0.05, 0.1) is 26.2 Å². The fourth-order valence-electron chi connectivity index (χ4n) is 3.92. The third kappa shape index (κ3) is 5.41. The summed E-state index contributed by atoms with van der Waals surface area (Å²) in [5.41, 5.74) is 2.69. The Bertz CT molecular complexity index is 1290. The van der Waals surface area contributed by atoms with E-state index >= 15 is 0 Å². The van der Waals surface area contributed by atoms with Crippen LogP contribution in [0.15, 0.2) is 60.1 Å². The van der Waals surface area contributed by atoms with Crippen LogP contribution in [-0.2, 0) is 17.8 Å². The third-order valence-electron chi connectivity index (χ3n) is 5.66. The highest BCUT2D eigenvalue weighted by Crippen LogP contribution is 2.38. The normalized spacial score (nSPS) is 11.6. The molecule has 2 aromatic carbocycles. The van der Waals surface area contributed by atoms with E-state index in [2.05, 4.69) is 15.6 Å². The van der Waals surface area contributed by atoms with Crippen LogP contribution in [-0.4, -0.2) is 44.2 Å². The molecular formula is C26H27N3O5S. The average molecular weight is 494 g/mol. The zero-order valence-corrected chi connectivity index (χ0v) is 20.5. The summed E-state index contributed by atoms with van der Waals surface area (Å²) in [7, 11) is 4.61. The van der Waals surface area contributed by atoms with Crippen LogP contribution in [0, 0.1) is 0 Å². The molecule has 0 bridgehead atoms. The Labute approximate surface area is 207 Å². The van der Waals surface area contributed by atoms with Crippen molar-refractivity contribution in [1.82, 2.24) is 15.6 Å². The van der Waals surface area contributed by atoms with Crippen molar-refractivity contribution in [2.45, 2.75) is 19.0 Å². The quantitative estimate of drug-likeness (QED) is 0.311. The number of nitrogens with one attached hydrogen (secondary N) is 3. The number of hydrogen-bond donors (Lipinski definition) is 3. The van der Waals surface area contributed by atoms with E-state index < -0.39 is 6.04 Å². The van der Waals surface area contributed by atoms with Gasteiger partial charge in [-0.05, 0) is 40.8 Å². The predicted molar refractivity (Wildman–Crippen MR) is 136 cm³/mol. The van der Waals surface area contributed by atoms with Crippen LogP contribution < -0.4 is 24.8 Å². The van der Waals surface area contributed by atoms with E-state index in [0.29, 0.717) is 28.5 Å². The Morgan fingerprint density at radius 2 is 1.74 bits per heavy atom. The number of ether oxygens (including phenoxy) is 3. The number of thiophene rings is 1. The van der Waals surface area contributed by atoms with Crippen molar-refractivity contribution in [2.75, 3.05) is 21.3 Å². The minimum Gasteiger partial charge on any atom is -0.493 e. The summed E-state index contributed by atoms with van der Waals surface area (Å²) in [5.74, 6) is 0.891. The molecule has 3 N–H and O–H groups in total. The lowest BCUT2D eigenvalue weighted by Gasteiger charge is -2.19. The highest BCUT2D eigenvalue weighted by molar-refractivity contribution is 7.12. The van der Waals surface area contributed by atoms with Crippen molar-refractivity contribution in [3.8, 4) is 17.2 Å². The van der Waals surface area contributed by atoms with Crippen LogP contribution in [0.4, 0.5) is 0 Å². The SMILES string of the molecule is COc1cc(CNC(=O)[C@H](Cc2c[nH]c3ccccc23)NC(=O)c2cccs2)cc(OC)c1OC. The number of aromatic nitrogens is 1. The Kier molecular flexibility index (Phi) is 7.57. The molecule has 0 saturated carbocycles. The van der Waals surface area contributed by atoms with E-state index in [1.165, 1.54) is 32.7 Å². The third-order valence-corrected chi connectivity index (χ3v) is 6.53. The summed E-state index contributed by atoms with van der Waals surface area (Å²) < 4.78 is 16.2. The number of H-pyrrole nitrogens is 1. The maximum atomic E-state index is 13.3. The topological polar surface area (TPSA) is 102 Å². The standard InChI is InChI=1S/C26H27N3O5S/c1-32-21-11-16(12-22(33-2)24(21)34-3)14-28-25(30)20(29-26(31)23-9-6-10-35-23)13-17-15-27-19-8-5-4-7-18(17)19/h4-12,15,20,27H,13-14H2,1-3H3,(H,28,30)(H,29,31)/t20-/m0/s1. The average Bonchev–Trinajstić information content (AvgIpc) is 3.57. The molecule has 35 heavy (non-hydrogen) atoms. The van der Waals surface area contributed by atoms with Crippen molar-refractivity contribution in [2.24, 2.45) is 0 Å². The Balaban J connectivity index is 1.54. The van der Waals surface area contributed by atoms with Gasteiger partial charge in [0.1, 0.15) is 6.04 Å². The van der Waals surface area contributed by atoms with E-state index in [1.54, 1.807) is 24.3 Å². The van der Waals surface area contributed by atoms with Crippen LogP contribution in [0.25, 0.3) is 10.9 Å². The summed E-state index contributed by atoms with van der Waals surface area (Å²) in [6, 6.07) is 14.2. The largest absolute Gasteiger partial charge is 0.493 e. The first-order valence-electron chi connectivity index (χ1n) is 11.0. The van der Waals surface area contributed by atoms with Crippen LogP contribution in [0.3, 0.4) is 0 Å². The molecule has 0 aliphatic rings. The second kappa shape index (κ2) is 11.0. The number of fused-ring (bicyclic) bond motifs is 1. The maximum absolute atomic E-state index is 13.3. The predicted octanol–water partition coefficient (Wildman–Crippen LogP) is 3.91. The minimum atomic E-state index is -0.772. The molecule has 2 aromatic heterocycles. The fraction of sp³-hybridized carbons (Fsp3) is 0.231. The van der Waals surface area contributed by atoms with Crippen molar-refractivity contribution in [1.29, 1.82) is 0 Å². The number of amides is 2. The lowest BCUT2D eigenvalue weighted by molar-refractivity contribution is -0.123. The number of hydrogen-bond acceptors (Lipinski definition) is 6. The van der Waals surface area contributed by atoms with Gasteiger partial charge in [-0.25, -0.2) is 0 Å². The molecule has 0 radical (unpaired) electrons. The van der Waals surface area contributed by atoms with Gasteiger partial charge in [0, 0.05) is 30.1 Å². The molecule has 0 aliphatic heterocycles. The first-order chi connectivity index (χ1) is 17.0. The molecule has 1 atom stereocenters. The Morgan fingerprint density at radius 1 is 1.00 bits per heavy atom. The first-order valence-corrected chi connectivity index (χ1v) is 11.9. The molecule has 0 saturated heterocycles. The summed E-state index contributed by atoms with van der Waals surface area (Å²) in [6.45, 7) is 0.217. The number of benzene rings is 2. The molecule has 0 aliphatic carbocycles. The smallest absolute Gasteiger partial charge is 0.262 e. The van der Waals surface area contributed by atoms with E-state index in [1.807, 2.05) is 35.8 Å². The molecule has 0 spiro atoms. The number of para-hydroxylation sites is 1. The summed E-state index contributed by atoms with van der Waals surface area (Å²) in [5, 5.41) is 8.68. The number of methoxy groups -OCH3 is 3. The van der Waals surface area contributed by atoms with Gasteiger partial charge >= 0.3 is 0 Å². The molecule has 4 rings (SSSR count). The maximum Gasteiger partial charge on any atom is 0.262 e. The van der Waals surface area contributed by atoms with Crippen molar-refractivity contribution < 1.29 is 23.8 Å². The molecule has 2 amide bonds. The summed E-state index contributed by atoms with van der Waals surface area (Å²) in [6.07, 6.45) is 2.21. The molecule has 4 aromatic rings. The molecule has 0 fully saturated rings. The van der Waals surface area contributed by atoms with Gasteiger partial charge in [0.2, 0.25) is 11.7 Å². The van der Waals surface area contributed by atoms with Gasteiger partial charge in [-0.15, -0.1) is 11.3 Å². The lowest BCUT2D eigenvalue weighted by Crippen LogP contribution is -2.47. The van der Waals surface area contributed by atoms with Crippen LogP contribution in [0.5, 0.6) is 17.2 Å². The van der Waals surface area contributed by atoms with E-state index in [0.717, 1.165) is 22.0 Å². The van der Waals surface area contributed by atoms with Gasteiger partial charge in [0.15, 0.2) is 11.5 Å². The van der Waals surface area contributed by atoms with Crippen LogP contribution >= 0.6 is 11.3 Å². The fourth-order valence-corrected chi connectivity index (χ4v) is 4.54. The number of carbonyl (C=O) groups is 2. The molecule has 9 heteroatoms. The minimum absolute atomic E-state index is 0.217. The highest BCUT2D eigenvalue weighted by atomic mass is 32.1. The van der Waals surface area contributed by atoms with E-state index in [4.69, 9.17) is 14.2 Å². The van der Waals surface area contributed by atoms with Crippen molar-refractivity contribution in [3.63, 3.8) is 0 Å². The van der Waals surface area contributed by atoms with Crippen LogP contribution in [0.2, 0.25) is 0 Å². The Hall–Kier alpha value is -3.98. The van der Waals surface area contributed by atoms with Gasteiger partial charge in [0.25, 0.3) is 5.91 Å².